The lowest BCUT2D eigenvalue weighted by atomic mass is 9.98. The number of rotatable bonds is 4. The lowest BCUT2D eigenvalue weighted by Gasteiger charge is -2.19. The first-order valence-corrected chi connectivity index (χ1v) is 9.00. The number of fused-ring (bicyclic) bond motifs is 1. The topological polar surface area (TPSA) is 38.8 Å². The SMILES string of the molecule is CN(Cc1ccccc1)C(=O)OC1Cc2c(cccc2-c2ccccc2)O1. The molecule has 0 aliphatic carbocycles. The molecule has 0 bridgehead atoms. The summed E-state index contributed by atoms with van der Waals surface area (Å²) in [6.07, 6.45) is -0.445. The largest absolute Gasteiger partial charge is 0.454 e. The van der Waals surface area contributed by atoms with Crippen molar-refractivity contribution in [1.29, 1.82) is 0 Å². The van der Waals surface area contributed by atoms with Gasteiger partial charge in [0.1, 0.15) is 5.75 Å². The highest BCUT2D eigenvalue weighted by Crippen LogP contribution is 2.37. The fourth-order valence-corrected chi connectivity index (χ4v) is 3.31. The Morgan fingerprint density at radius 3 is 2.44 bits per heavy atom. The quantitative estimate of drug-likeness (QED) is 0.666. The molecule has 136 valence electrons. The second kappa shape index (κ2) is 7.54. The van der Waals surface area contributed by atoms with Crippen LogP contribution in [0.3, 0.4) is 0 Å². The maximum atomic E-state index is 12.4. The molecule has 4 heteroatoms. The number of carbonyl (C=O) groups excluding carboxylic acids is 1. The number of ether oxygens (including phenoxy) is 2. The van der Waals surface area contributed by atoms with Gasteiger partial charge in [0.15, 0.2) is 0 Å². The lowest BCUT2D eigenvalue weighted by molar-refractivity contribution is -0.0303. The van der Waals surface area contributed by atoms with Crippen LogP contribution in [-0.2, 0) is 17.7 Å². The van der Waals surface area contributed by atoms with E-state index in [-0.39, 0.29) is 0 Å². The van der Waals surface area contributed by atoms with Crippen LogP contribution in [0.25, 0.3) is 11.1 Å². The Balaban J connectivity index is 1.44. The third kappa shape index (κ3) is 3.80. The average molecular weight is 359 g/mol. The molecule has 1 aliphatic heterocycles. The monoisotopic (exact) mass is 359 g/mol. The number of benzene rings is 3. The molecule has 0 aromatic heterocycles. The van der Waals surface area contributed by atoms with E-state index in [4.69, 9.17) is 9.47 Å². The molecule has 3 aromatic carbocycles. The van der Waals surface area contributed by atoms with Crippen molar-refractivity contribution in [2.24, 2.45) is 0 Å². The van der Waals surface area contributed by atoms with Crippen molar-refractivity contribution < 1.29 is 14.3 Å². The maximum absolute atomic E-state index is 12.4. The van der Waals surface area contributed by atoms with Crippen molar-refractivity contribution in [2.75, 3.05) is 7.05 Å². The number of nitrogens with zero attached hydrogens (tertiary/aromatic N) is 1. The zero-order valence-corrected chi connectivity index (χ0v) is 15.2. The molecule has 1 unspecified atom stereocenters. The number of carbonyl (C=O) groups is 1. The first-order chi connectivity index (χ1) is 13.2. The standard InChI is InChI=1S/C23H21NO3/c1-24(16-17-9-4-2-5-10-17)23(25)27-22-15-20-19(13-8-14-21(20)26-22)18-11-6-3-7-12-18/h2-14,22H,15-16H2,1H3. The molecule has 27 heavy (non-hydrogen) atoms. The second-order valence-corrected chi connectivity index (χ2v) is 6.63. The molecule has 4 nitrogen and oxygen atoms in total. The van der Waals surface area contributed by atoms with E-state index in [1.54, 1.807) is 11.9 Å². The first kappa shape index (κ1) is 17.2. The molecule has 0 saturated carbocycles. The predicted octanol–water partition coefficient (Wildman–Crippen LogP) is 4.88. The second-order valence-electron chi connectivity index (χ2n) is 6.63. The Kier molecular flexibility index (Phi) is 4.79. The fraction of sp³-hybridized carbons (Fsp3) is 0.174. The van der Waals surface area contributed by atoms with Gasteiger partial charge in [-0.15, -0.1) is 0 Å². The van der Waals surface area contributed by atoms with E-state index in [1.807, 2.05) is 60.7 Å². The molecule has 3 aromatic rings. The molecule has 1 atom stereocenters. The van der Waals surface area contributed by atoms with Gasteiger partial charge >= 0.3 is 6.09 Å². The Labute approximate surface area is 159 Å². The summed E-state index contributed by atoms with van der Waals surface area (Å²) in [6, 6.07) is 26.0. The van der Waals surface area contributed by atoms with Gasteiger partial charge in [0.05, 0.1) is 6.42 Å². The van der Waals surface area contributed by atoms with Crippen molar-refractivity contribution in [3.8, 4) is 16.9 Å². The lowest BCUT2D eigenvalue weighted by Crippen LogP contribution is -2.32. The molecule has 1 aliphatic rings. The van der Waals surface area contributed by atoms with Crippen molar-refractivity contribution >= 4 is 6.09 Å². The zero-order chi connectivity index (χ0) is 18.6. The van der Waals surface area contributed by atoms with Crippen LogP contribution in [0.5, 0.6) is 5.75 Å². The minimum Gasteiger partial charge on any atom is -0.454 e. The van der Waals surface area contributed by atoms with Crippen molar-refractivity contribution in [3.05, 3.63) is 90.0 Å². The van der Waals surface area contributed by atoms with E-state index in [0.29, 0.717) is 13.0 Å². The van der Waals surface area contributed by atoms with Gasteiger partial charge in [-0.05, 0) is 22.8 Å². The summed E-state index contributed by atoms with van der Waals surface area (Å²) < 4.78 is 11.5. The summed E-state index contributed by atoms with van der Waals surface area (Å²) >= 11 is 0. The molecule has 0 radical (unpaired) electrons. The number of amides is 1. The van der Waals surface area contributed by atoms with Gasteiger partial charge in [-0.25, -0.2) is 4.79 Å². The molecule has 1 heterocycles. The highest BCUT2D eigenvalue weighted by atomic mass is 16.7. The molecule has 0 saturated heterocycles. The van der Waals surface area contributed by atoms with Crippen LogP contribution in [-0.4, -0.2) is 24.3 Å². The minimum absolute atomic E-state index is 0.391. The minimum atomic E-state index is -0.601. The van der Waals surface area contributed by atoms with E-state index in [2.05, 4.69) is 18.2 Å². The Morgan fingerprint density at radius 1 is 1.00 bits per heavy atom. The van der Waals surface area contributed by atoms with Gasteiger partial charge in [0.2, 0.25) is 6.29 Å². The molecular weight excluding hydrogens is 338 g/mol. The number of hydrogen-bond donors (Lipinski definition) is 0. The van der Waals surface area contributed by atoms with E-state index >= 15 is 0 Å². The molecule has 0 fully saturated rings. The fourth-order valence-electron chi connectivity index (χ4n) is 3.31. The predicted molar refractivity (Wildman–Crippen MR) is 104 cm³/mol. The highest BCUT2D eigenvalue weighted by Gasteiger charge is 2.29. The van der Waals surface area contributed by atoms with E-state index in [0.717, 1.165) is 28.0 Å². The molecule has 0 spiro atoms. The van der Waals surface area contributed by atoms with Crippen LogP contribution in [0.2, 0.25) is 0 Å². The first-order valence-electron chi connectivity index (χ1n) is 9.00. The summed E-state index contributed by atoms with van der Waals surface area (Å²) in [7, 11) is 1.73. The summed E-state index contributed by atoms with van der Waals surface area (Å²) in [5, 5.41) is 0. The van der Waals surface area contributed by atoms with Crippen LogP contribution in [0.15, 0.2) is 78.9 Å². The smallest absolute Gasteiger partial charge is 0.412 e. The van der Waals surface area contributed by atoms with E-state index in [9.17, 15) is 4.79 Å². The van der Waals surface area contributed by atoms with Crippen LogP contribution in [0, 0.1) is 0 Å². The Bertz CT molecular complexity index is 925. The molecule has 0 N–H and O–H groups in total. The zero-order valence-electron chi connectivity index (χ0n) is 15.2. The van der Waals surface area contributed by atoms with Crippen molar-refractivity contribution in [1.82, 2.24) is 4.90 Å². The average Bonchev–Trinajstić information content (AvgIpc) is 3.11. The summed E-state index contributed by atoms with van der Waals surface area (Å²) in [4.78, 5) is 14.0. The van der Waals surface area contributed by atoms with E-state index in [1.165, 1.54) is 0 Å². The molecule has 4 rings (SSSR count). The van der Waals surface area contributed by atoms with Crippen LogP contribution < -0.4 is 4.74 Å². The van der Waals surface area contributed by atoms with Crippen LogP contribution >= 0.6 is 0 Å². The summed E-state index contributed by atoms with van der Waals surface area (Å²) in [5.74, 6) is 0.778. The van der Waals surface area contributed by atoms with Gasteiger partial charge in [-0.3, -0.25) is 0 Å². The molecular formula is C23H21NO3. The van der Waals surface area contributed by atoms with Gasteiger partial charge < -0.3 is 14.4 Å². The van der Waals surface area contributed by atoms with Gasteiger partial charge in [0, 0.05) is 19.2 Å². The maximum Gasteiger partial charge on any atom is 0.412 e. The van der Waals surface area contributed by atoms with Crippen molar-refractivity contribution in [2.45, 2.75) is 19.3 Å². The normalized spacial score (nSPS) is 14.9. The third-order valence-electron chi connectivity index (χ3n) is 4.65. The highest BCUT2D eigenvalue weighted by molar-refractivity contribution is 5.71. The third-order valence-corrected chi connectivity index (χ3v) is 4.65. The molecule has 1 amide bonds. The van der Waals surface area contributed by atoms with Crippen LogP contribution in [0.4, 0.5) is 4.79 Å². The van der Waals surface area contributed by atoms with Crippen LogP contribution in [0.1, 0.15) is 11.1 Å². The van der Waals surface area contributed by atoms with Gasteiger partial charge in [-0.2, -0.15) is 0 Å². The Hall–Kier alpha value is -3.27. The summed E-state index contributed by atoms with van der Waals surface area (Å²) in [6.45, 7) is 0.495. The Morgan fingerprint density at radius 2 is 1.70 bits per heavy atom. The summed E-state index contributed by atoms with van der Waals surface area (Å²) in [5.41, 5.74) is 4.38. The van der Waals surface area contributed by atoms with Gasteiger partial charge in [0.25, 0.3) is 0 Å². The van der Waals surface area contributed by atoms with E-state index < -0.39 is 12.4 Å². The van der Waals surface area contributed by atoms with Crippen molar-refractivity contribution in [3.63, 3.8) is 0 Å². The van der Waals surface area contributed by atoms with Gasteiger partial charge in [-0.1, -0.05) is 72.8 Å². The number of hydrogen-bond acceptors (Lipinski definition) is 3.